The van der Waals surface area contributed by atoms with Crippen molar-refractivity contribution < 1.29 is 9.59 Å². The van der Waals surface area contributed by atoms with E-state index in [1.54, 1.807) is 0 Å². The highest BCUT2D eigenvalue weighted by Gasteiger charge is 2.40. The third-order valence-electron chi connectivity index (χ3n) is 6.28. The summed E-state index contributed by atoms with van der Waals surface area (Å²) in [7, 11) is 0. The molecule has 1 aliphatic heterocycles. The Hall–Kier alpha value is -1.88. The molecule has 0 saturated heterocycles. The summed E-state index contributed by atoms with van der Waals surface area (Å²) in [5, 5.41) is 6.04. The van der Waals surface area contributed by atoms with E-state index in [1.807, 2.05) is 18.2 Å². The Bertz CT molecular complexity index is 674. The summed E-state index contributed by atoms with van der Waals surface area (Å²) in [5.41, 5.74) is 9.15. The van der Waals surface area contributed by atoms with Gasteiger partial charge < -0.3 is 16.4 Å². The molecule has 25 heavy (non-hydrogen) atoms. The molecule has 2 aliphatic carbocycles. The smallest absolute Gasteiger partial charge is 0.227 e. The fourth-order valence-electron chi connectivity index (χ4n) is 4.90. The molecule has 0 aromatic heterocycles. The predicted octanol–water partition coefficient (Wildman–Crippen LogP) is 3.05. The zero-order valence-electron chi connectivity index (χ0n) is 14.6. The van der Waals surface area contributed by atoms with E-state index in [0.29, 0.717) is 18.3 Å². The standard InChI is InChI=1S/C20H27N3O2/c21-19-13-4-1-5-14(19)10-15(9-13)20(25)22-16-7-8-17-12(11-16)3-2-6-18(24)23-17/h7-8,11,13-15,19H,1-6,9-10,21H2,(H,22,25)(H,23,24). The van der Waals surface area contributed by atoms with E-state index in [4.69, 9.17) is 5.73 Å². The number of rotatable bonds is 2. The molecule has 2 fully saturated rings. The first-order valence-corrected chi connectivity index (χ1v) is 9.59. The van der Waals surface area contributed by atoms with Crippen molar-refractivity contribution in [2.24, 2.45) is 23.5 Å². The van der Waals surface area contributed by atoms with Gasteiger partial charge in [0.05, 0.1) is 0 Å². The highest BCUT2D eigenvalue weighted by Crippen LogP contribution is 2.42. The van der Waals surface area contributed by atoms with Crippen LogP contribution in [0.1, 0.15) is 50.5 Å². The first-order valence-electron chi connectivity index (χ1n) is 9.59. The van der Waals surface area contributed by atoms with Gasteiger partial charge in [0.2, 0.25) is 11.8 Å². The van der Waals surface area contributed by atoms with Crippen LogP contribution in [0.2, 0.25) is 0 Å². The highest BCUT2D eigenvalue weighted by atomic mass is 16.2. The molecule has 3 aliphatic rings. The zero-order chi connectivity index (χ0) is 17.4. The summed E-state index contributed by atoms with van der Waals surface area (Å²) < 4.78 is 0. The van der Waals surface area contributed by atoms with Crippen molar-refractivity contribution in [3.05, 3.63) is 23.8 Å². The Morgan fingerprint density at radius 1 is 1.12 bits per heavy atom. The number of anilines is 2. The van der Waals surface area contributed by atoms with Gasteiger partial charge >= 0.3 is 0 Å². The number of benzene rings is 1. The molecule has 5 heteroatoms. The topological polar surface area (TPSA) is 84.2 Å². The Kier molecular flexibility index (Phi) is 4.50. The summed E-state index contributed by atoms with van der Waals surface area (Å²) in [6.45, 7) is 0. The van der Waals surface area contributed by atoms with Crippen molar-refractivity contribution in [3.63, 3.8) is 0 Å². The van der Waals surface area contributed by atoms with Crippen LogP contribution in [0, 0.1) is 17.8 Å². The van der Waals surface area contributed by atoms with Crippen LogP contribution in [0.5, 0.6) is 0 Å². The van der Waals surface area contributed by atoms with Gasteiger partial charge in [0, 0.05) is 29.8 Å². The van der Waals surface area contributed by atoms with Crippen LogP contribution in [0.4, 0.5) is 11.4 Å². The Morgan fingerprint density at radius 2 is 1.88 bits per heavy atom. The molecule has 1 aromatic carbocycles. The lowest BCUT2D eigenvalue weighted by Gasteiger charge is -2.43. The van der Waals surface area contributed by atoms with Crippen molar-refractivity contribution in [1.82, 2.24) is 0 Å². The number of hydrogen-bond acceptors (Lipinski definition) is 3. The number of carbonyl (C=O) groups excluding carboxylic acids is 2. The average molecular weight is 341 g/mol. The molecular weight excluding hydrogens is 314 g/mol. The molecule has 0 spiro atoms. The van der Waals surface area contributed by atoms with Crippen LogP contribution in [0.3, 0.4) is 0 Å². The van der Waals surface area contributed by atoms with Crippen LogP contribution in [0.15, 0.2) is 18.2 Å². The second-order valence-corrected chi connectivity index (χ2v) is 7.96. The minimum atomic E-state index is 0.0700. The molecule has 2 saturated carbocycles. The second kappa shape index (κ2) is 6.79. The third-order valence-corrected chi connectivity index (χ3v) is 6.28. The molecule has 2 unspecified atom stereocenters. The van der Waals surface area contributed by atoms with Crippen molar-refractivity contribution in [2.75, 3.05) is 10.6 Å². The average Bonchev–Trinajstić information content (AvgIpc) is 2.75. The summed E-state index contributed by atoms with van der Waals surface area (Å²) in [5.74, 6) is 1.28. The minimum Gasteiger partial charge on any atom is -0.327 e. The monoisotopic (exact) mass is 341 g/mol. The fraction of sp³-hybridized carbons (Fsp3) is 0.600. The summed E-state index contributed by atoms with van der Waals surface area (Å²) in [6.07, 6.45) is 7.70. The minimum absolute atomic E-state index is 0.0700. The zero-order valence-corrected chi connectivity index (χ0v) is 14.6. The Labute approximate surface area is 148 Å². The van der Waals surface area contributed by atoms with Crippen LogP contribution in [0.25, 0.3) is 0 Å². The largest absolute Gasteiger partial charge is 0.327 e. The van der Waals surface area contributed by atoms with Gasteiger partial charge in [-0.1, -0.05) is 6.42 Å². The molecule has 1 aromatic rings. The van der Waals surface area contributed by atoms with Gasteiger partial charge in [-0.2, -0.15) is 0 Å². The van der Waals surface area contributed by atoms with Gasteiger partial charge in [-0.05, 0) is 74.1 Å². The predicted molar refractivity (Wildman–Crippen MR) is 98.2 cm³/mol. The second-order valence-electron chi connectivity index (χ2n) is 7.96. The maximum absolute atomic E-state index is 12.8. The molecular formula is C20H27N3O2. The van der Waals surface area contributed by atoms with Crippen molar-refractivity contribution in [2.45, 2.75) is 57.4 Å². The number of nitrogens with one attached hydrogen (secondary N) is 2. The van der Waals surface area contributed by atoms with Crippen molar-refractivity contribution in [3.8, 4) is 0 Å². The number of fused-ring (bicyclic) bond motifs is 3. The van der Waals surface area contributed by atoms with Crippen molar-refractivity contribution in [1.29, 1.82) is 0 Å². The van der Waals surface area contributed by atoms with Crippen LogP contribution in [-0.4, -0.2) is 17.9 Å². The summed E-state index contributed by atoms with van der Waals surface area (Å²) in [6, 6.07) is 6.08. The summed E-state index contributed by atoms with van der Waals surface area (Å²) >= 11 is 0. The first kappa shape index (κ1) is 16.6. The Balaban J connectivity index is 1.44. The molecule has 0 radical (unpaired) electrons. The number of hydrogen-bond donors (Lipinski definition) is 3. The molecule has 134 valence electrons. The number of amides is 2. The number of aryl methyl sites for hydroxylation is 1. The first-order chi connectivity index (χ1) is 12.1. The van der Waals surface area contributed by atoms with Gasteiger partial charge in [0.15, 0.2) is 0 Å². The highest BCUT2D eigenvalue weighted by molar-refractivity contribution is 5.95. The molecule has 2 bridgehead atoms. The lowest BCUT2D eigenvalue weighted by molar-refractivity contribution is -0.122. The molecule has 5 nitrogen and oxygen atoms in total. The van der Waals surface area contributed by atoms with Gasteiger partial charge in [0.1, 0.15) is 0 Å². The third kappa shape index (κ3) is 3.43. The van der Waals surface area contributed by atoms with E-state index >= 15 is 0 Å². The maximum Gasteiger partial charge on any atom is 0.227 e. The normalized spacial score (nSPS) is 31.5. The molecule has 4 rings (SSSR count). The molecule has 1 heterocycles. The number of nitrogens with two attached hydrogens (primary N) is 1. The van der Waals surface area contributed by atoms with Crippen LogP contribution < -0.4 is 16.4 Å². The number of carbonyl (C=O) groups is 2. The van der Waals surface area contributed by atoms with E-state index < -0.39 is 0 Å². The molecule has 2 amide bonds. The lowest BCUT2D eigenvalue weighted by Crippen LogP contribution is -2.48. The molecule has 2 atom stereocenters. The van der Waals surface area contributed by atoms with Gasteiger partial charge in [-0.25, -0.2) is 0 Å². The van der Waals surface area contributed by atoms with E-state index in [2.05, 4.69) is 10.6 Å². The van der Waals surface area contributed by atoms with E-state index in [-0.39, 0.29) is 23.8 Å². The SMILES string of the molecule is NC1C2CCCC1CC(C(=O)Nc1ccc3c(c1)CCCC(=O)N3)C2. The van der Waals surface area contributed by atoms with Crippen LogP contribution in [-0.2, 0) is 16.0 Å². The van der Waals surface area contributed by atoms with E-state index in [9.17, 15) is 9.59 Å². The van der Waals surface area contributed by atoms with Gasteiger partial charge in [-0.3, -0.25) is 9.59 Å². The van der Waals surface area contributed by atoms with E-state index in [0.717, 1.165) is 42.6 Å². The van der Waals surface area contributed by atoms with Crippen molar-refractivity contribution >= 4 is 23.2 Å². The summed E-state index contributed by atoms with van der Waals surface area (Å²) in [4.78, 5) is 24.4. The van der Waals surface area contributed by atoms with Gasteiger partial charge in [-0.15, -0.1) is 0 Å². The Morgan fingerprint density at radius 3 is 2.64 bits per heavy atom. The molecule has 4 N–H and O–H groups in total. The fourth-order valence-corrected chi connectivity index (χ4v) is 4.90. The maximum atomic E-state index is 12.8. The van der Waals surface area contributed by atoms with E-state index in [1.165, 1.54) is 19.3 Å². The quantitative estimate of drug-likeness (QED) is 0.773. The lowest BCUT2D eigenvalue weighted by atomic mass is 9.65. The van der Waals surface area contributed by atoms with Gasteiger partial charge in [0.25, 0.3) is 0 Å². The van der Waals surface area contributed by atoms with Crippen LogP contribution >= 0.6 is 0 Å².